The number of thiophene rings is 1. The van der Waals surface area contributed by atoms with Crippen molar-refractivity contribution in [2.75, 3.05) is 0 Å². The molecule has 0 radical (unpaired) electrons. The van der Waals surface area contributed by atoms with Crippen molar-refractivity contribution in [3.63, 3.8) is 0 Å². The van der Waals surface area contributed by atoms with Crippen LogP contribution in [0.4, 0.5) is 0 Å². The summed E-state index contributed by atoms with van der Waals surface area (Å²) in [6, 6.07) is 9.87. The normalized spacial score (nSPS) is 16.0. The molecule has 1 aromatic carbocycles. The lowest BCUT2D eigenvalue weighted by molar-refractivity contribution is 0.0697. The summed E-state index contributed by atoms with van der Waals surface area (Å²) in [5.41, 5.74) is 2.12. The fourth-order valence-electron chi connectivity index (χ4n) is 3.52. The zero-order valence-electron chi connectivity index (χ0n) is 12.7. The lowest BCUT2D eigenvalue weighted by Crippen LogP contribution is -2.13. The molecule has 0 aliphatic heterocycles. The van der Waals surface area contributed by atoms with Crippen LogP contribution in [-0.2, 0) is 0 Å². The topological polar surface area (TPSA) is 55.1 Å². The third-order valence-corrected chi connectivity index (χ3v) is 5.48. The predicted octanol–water partition coefficient (Wildman–Crippen LogP) is 4.97. The average molecular weight is 326 g/mol. The number of carbonyl (C=O) groups is 1. The van der Waals surface area contributed by atoms with Crippen LogP contribution < -0.4 is 0 Å². The van der Waals surface area contributed by atoms with Gasteiger partial charge in [-0.1, -0.05) is 25.3 Å². The van der Waals surface area contributed by atoms with Crippen LogP contribution in [0.5, 0.6) is 0 Å². The van der Waals surface area contributed by atoms with E-state index in [-0.39, 0.29) is 0 Å². The van der Waals surface area contributed by atoms with Gasteiger partial charge in [-0.25, -0.2) is 9.78 Å². The van der Waals surface area contributed by atoms with E-state index < -0.39 is 5.97 Å². The SMILES string of the molecule is O=C(O)c1ccc2c(c1)nc(-c1cccs1)n2C1CCCCC1. The highest BCUT2D eigenvalue weighted by atomic mass is 32.1. The minimum absolute atomic E-state index is 0.295. The Bertz CT molecular complexity index is 845. The summed E-state index contributed by atoms with van der Waals surface area (Å²) in [6.45, 7) is 0. The Hall–Kier alpha value is -2.14. The molecule has 23 heavy (non-hydrogen) atoms. The van der Waals surface area contributed by atoms with Crippen molar-refractivity contribution in [1.82, 2.24) is 9.55 Å². The van der Waals surface area contributed by atoms with E-state index in [1.807, 2.05) is 12.1 Å². The fourth-order valence-corrected chi connectivity index (χ4v) is 4.23. The molecule has 1 aliphatic rings. The smallest absolute Gasteiger partial charge is 0.335 e. The summed E-state index contributed by atoms with van der Waals surface area (Å²) in [7, 11) is 0. The number of rotatable bonds is 3. The van der Waals surface area contributed by atoms with Crippen LogP contribution in [0, 0.1) is 0 Å². The molecule has 0 bridgehead atoms. The van der Waals surface area contributed by atoms with Gasteiger partial charge in [-0.05, 0) is 42.5 Å². The highest BCUT2D eigenvalue weighted by Gasteiger charge is 2.23. The van der Waals surface area contributed by atoms with Gasteiger partial charge in [-0.3, -0.25) is 0 Å². The molecule has 5 heteroatoms. The maximum atomic E-state index is 11.2. The summed E-state index contributed by atoms with van der Waals surface area (Å²) in [5.74, 6) is 0.0706. The van der Waals surface area contributed by atoms with Gasteiger partial charge in [0, 0.05) is 6.04 Å². The first-order valence-electron chi connectivity index (χ1n) is 8.03. The lowest BCUT2D eigenvalue weighted by Gasteiger charge is -2.25. The van der Waals surface area contributed by atoms with Crippen LogP contribution in [0.25, 0.3) is 21.7 Å². The summed E-state index contributed by atoms with van der Waals surface area (Å²) < 4.78 is 2.34. The van der Waals surface area contributed by atoms with Crippen molar-refractivity contribution >= 4 is 28.3 Å². The van der Waals surface area contributed by atoms with E-state index in [9.17, 15) is 9.90 Å². The molecule has 1 aliphatic carbocycles. The van der Waals surface area contributed by atoms with Crippen LogP contribution in [0.2, 0.25) is 0 Å². The number of benzene rings is 1. The van der Waals surface area contributed by atoms with Crippen LogP contribution in [0.15, 0.2) is 35.7 Å². The van der Waals surface area contributed by atoms with E-state index in [1.54, 1.807) is 23.5 Å². The molecule has 0 atom stereocenters. The Labute approximate surface area is 138 Å². The third-order valence-electron chi connectivity index (χ3n) is 4.62. The Morgan fingerprint density at radius 1 is 1.22 bits per heavy atom. The zero-order chi connectivity index (χ0) is 15.8. The Balaban J connectivity index is 1.92. The van der Waals surface area contributed by atoms with E-state index >= 15 is 0 Å². The molecule has 4 nitrogen and oxygen atoms in total. The molecular weight excluding hydrogens is 308 g/mol. The largest absolute Gasteiger partial charge is 0.478 e. The molecule has 0 unspecified atom stereocenters. The van der Waals surface area contributed by atoms with Crippen LogP contribution >= 0.6 is 11.3 Å². The average Bonchev–Trinajstić information content (AvgIpc) is 3.22. The van der Waals surface area contributed by atoms with Crippen molar-refractivity contribution in [1.29, 1.82) is 0 Å². The highest BCUT2D eigenvalue weighted by Crippen LogP contribution is 2.37. The van der Waals surface area contributed by atoms with E-state index in [2.05, 4.69) is 16.0 Å². The van der Waals surface area contributed by atoms with Crippen molar-refractivity contribution in [2.24, 2.45) is 0 Å². The molecule has 1 N–H and O–H groups in total. The zero-order valence-corrected chi connectivity index (χ0v) is 13.6. The number of aromatic carboxylic acids is 1. The molecule has 2 aromatic heterocycles. The summed E-state index contributed by atoms with van der Waals surface area (Å²) in [6.07, 6.45) is 6.15. The fraction of sp³-hybridized carbons (Fsp3) is 0.333. The molecule has 0 spiro atoms. The number of imidazole rings is 1. The van der Waals surface area contributed by atoms with Crippen LogP contribution in [0.1, 0.15) is 48.5 Å². The molecule has 1 fully saturated rings. The van der Waals surface area contributed by atoms with Gasteiger partial charge in [0.2, 0.25) is 0 Å². The predicted molar refractivity (Wildman–Crippen MR) is 92.1 cm³/mol. The van der Waals surface area contributed by atoms with Crippen molar-refractivity contribution in [2.45, 2.75) is 38.1 Å². The van der Waals surface area contributed by atoms with Gasteiger partial charge in [0.05, 0.1) is 21.5 Å². The minimum Gasteiger partial charge on any atom is -0.478 e. The van der Waals surface area contributed by atoms with Gasteiger partial charge in [0.25, 0.3) is 0 Å². The molecule has 118 valence electrons. The van der Waals surface area contributed by atoms with E-state index in [0.717, 1.165) is 21.7 Å². The van der Waals surface area contributed by atoms with E-state index in [1.165, 1.54) is 32.1 Å². The first-order valence-corrected chi connectivity index (χ1v) is 8.91. The van der Waals surface area contributed by atoms with Gasteiger partial charge < -0.3 is 9.67 Å². The summed E-state index contributed by atoms with van der Waals surface area (Å²) >= 11 is 1.68. The maximum Gasteiger partial charge on any atom is 0.335 e. The molecule has 0 saturated heterocycles. The quantitative estimate of drug-likeness (QED) is 0.739. The number of hydrogen-bond donors (Lipinski definition) is 1. The second-order valence-corrected chi connectivity index (χ2v) is 7.03. The second kappa shape index (κ2) is 5.81. The molecule has 0 amide bonds. The Morgan fingerprint density at radius 2 is 2.04 bits per heavy atom. The van der Waals surface area contributed by atoms with Crippen molar-refractivity contribution < 1.29 is 9.90 Å². The standard InChI is InChI=1S/C18H18N2O2S/c21-18(22)12-8-9-15-14(11-12)19-17(16-7-4-10-23-16)20(15)13-5-2-1-3-6-13/h4,7-11,13H,1-3,5-6H2,(H,21,22). The van der Waals surface area contributed by atoms with Crippen LogP contribution in [-0.4, -0.2) is 20.6 Å². The number of nitrogens with zero attached hydrogens (tertiary/aromatic N) is 2. The van der Waals surface area contributed by atoms with Crippen molar-refractivity contribution in [3.05, 3.63) is 41.3 Å². The Kier molecular flexibility index (Phi) is 3.65. The third kappa shape index (κ3) is 2.55. The highest BCUT2D eigenvalue weighted by molar-refractivity contribution is 7.13. The molecular formula is C18H18N2O2S. The van der Waals surface area contributed by atoms with E-state index in [0.29, 0.717) is 11.6 Å². The maximum absolute atomic E-state index is 11.2. The Morgan fingerprint density at radius 3 is 2.74 bits per heavy atom. The monoisotopic (exact) mass is 326 g/mol. The van der Waals surface area contributed by atoms with Gasteiger partial charge in [0.15, 0.2) is 5.82 Å². The molecule has 3 aromatic rings. The first kappa shape index (κ1) is 14.5. The van der Waals surface area contributed by atoms with Crippen LogP contribution in [0.3, 0.4) is 0 Å². The molecule has 1 saturated carbocycles. The van der Waals surface area contributed by atoms with Gasteiger partial charge in [-0.2, -0.15) is 0 Å². The second-order valence-electron chi connectivity index (χ2n) is 6.08. The number of carboxylic acid groups (broad SMARTS) is 1. The minimum atomic E-state index is -0.906. The van der Waals surface area contributed by atoms with Crippen molar-refractivity contribution in [3.8, 4) is 10.7 Å². The number of hydrogen-bond acceptors (Lipinski definition) is 3. The van der Waals surface area contributed by atoms with E-state index in [4.69, 9.17) is 4.98 Å². The summed E-state index contributed by atoms with van der Waals surface area (Å²) in [4.78, 5) is 17.2. The van der Waals surface area contributed by atoms with Gasteiger partial charge in [0.1, 0.15) is 0 Å². The lowest BCUT2D eigenvalue weighted by atomic mass is 9.95. The van der Waals surface area contributed by atoms with Gasteiger partial charge in [-0.15, -0.1) is 11.3 Å². The van der Waals surface area contributed by atoms with Gasteiger partial charge >= 0.3 is 5.97 Å². The number of aromatic nitrogens is 2. The molecule has 2 heterocycles. The first-order chi connectivity index (χ1) is 11.2. The summed E-state index contributed by atoms with van der Waals surface area (Å²) in [5, 5.41) is 11.3. The number of carboxylic acids is 1. The molecule has 4 rings (SSSR count). The number of fused-ring (bicyclic) bond motifs is 1.